The highest BCUT2D eigenvalue weighted by molar-refractivity contribution is 5.86. The Labute approximate surface area is 275 Å². The molecule has 4 heterocycles. The highest BCUT2D eigenvalue weighted by Gasteiger charge is 2.90. The molecule has 4 fully saturated rings. The van der Waals surface area contributed by atoms with Crippen molar-refractivity contribution in [1.29, 1.82) is 0 Å². The molecule has 2 bridgehead atoms. The van der Waals surface area contributed by atoms with Gasteiger partial charge in [0.05, 0.1) is 31.5 Å². The van der Waals surface area contributed by atoms with Crippen LogP contribution >= 0.6 is 0 Å². The lowest BCUT2D eigenvalue weighted by atomic mass is 9.37. The summed E-state index contributed by atoms with van der Waals surface area (Å²) in [6, 6.07) is 1.75. The van der Waals surface area contributed by atoms with Crippen molar-refractivity contribution in [1.82, 2.24) is 0 Å². The number of esters is 4. The highest BCUT2D eigenvalue weighted by Crippen LogP contribution is 2.79. The zero-order valence-corrected chi connectivity index (χ0v) is 28.8. The van der Waals surface area contributed by atoms with Crippen molar-refractivity contribution in [2.75, 3.05) is 7.11 Å². The van der Waals surface area contributed by atoms with E-state index in [0.29, 0.717) is 30.4 Å². The lowest BCUT2D eigenvalue weighted by Crippen LogP contribution is -2.80. The van der Waals surface area contributed by atoms with Gasteiger partial charge in [0.25, 0.3) is 0 Å². The van der Waals surface area contributed by atoms with Crippen LogP contribution in [-0.4, -0.2) is 65.6 Å². The molecule has 11 heteroatoms. The van der Waals surface area contributed by atoms with Gasteiger partial charge in [-0.3, -0.25) is 14.4 Å². The van der Waals surface area contributed by atoms with E-state index in [4.69, 9.17) is 28.1 Å². The van der Waals surface area contributed by atoms with Crippen molar-refractivity contribution in [2.24, 2.45) is 39.9 Å². The zero-order chi connectivity index (χ0) is 34.5. The molecule has 1 aromatic heterocycles. The third kappa shape index (κ3) is 4.30. The summed E-state index contributed by atoms with van der Waals surface area (Å²) in [6.45, 7) is 14.8. The number of furan rings is 1. The Bertz CT molecular complexity index is 1490. The molecule has 0 aromatic carbocycles. The van der Waals surface area contributed by atoms with Gasteiger partial charge in [-0.25, -0.2) is 4.79 Å². The molecule has 47 heavy (non-hydrogen) atoms. The van der Waals surface area contributed by atoms with Gasteiger partial charge in [0, 0.05) is 40.2 Å². The molecule has 3 aliphatic heterocycles. The fourth-order valence-electron chi connectivity index (χ4n) is 10.2. The number of fused-ring (bicyclic) bond motifs is 2. The number of hydrogen-bond acceptors (Lipinski definition) is 11. The molecule has 1 aromatic rings. The molecule has 5 aliphatic rings. The number of aliphatic hydroxyl groups is 1. The smallest absolute Gasteiger partial charge is 0.331 e. The van der Waals surface area contributed by atoms with E-state index in [9.17, 15) is 24.3 Å². The quantitative estimate of drug-likeness (QED) is 0.302. The highest BCUT2D eigenvalue weighted by atomic mass is 16.6. The van der Waals surface area contributed by atoms with Crippen LogP contribution in [0.15, 0.2) is 34.7 Å². The summed E-state index contributed by atoms with van der Waals surface area (Å²) in [4.78, 5) is 53.7. The van der Waals surface area contributed by atoms with Crippen LogP contribution in [-0.2, 0) is 42.9 Å². The van der Waals surface area contributed by atoms with E-state index in [1.54, 1.807) is 33.1 Å². The molecule has 258 valence electrons. The van der Waals surface area contributed by atoms with Crippen LogP contribution in [0.25, 0.3) is 0 Å². The van der Waals surface area contributed by atoms with Gasteiger partial charge in [-0.15, -0.1) is 0 Å². The molecule has 2 saturated heterocycles. The molecule has 5 unspecified atom stereocenters. The van der Waals surface area contributed by atoms with E-state index < -0.39 is 99.4 Å². The first-order valence-electron chi connectivity index (χ1n) is 16.8. The van der Waals surface area contributed by atoms with E-state index in [1.165, 1.54) is 19.4 Å². The minimum absolute atomic E-state index is 0.0222. The normalized spacial score (nSPS) is 41.7. The van der Waals surface area contributed by atoms with Crippen LogP contribution in [0.2, 0.25) is 0 Å². The third-order valence-corrected chi connectivity index (χ3v) is 12.6. The molecule has 6 rings (SSSR count). The summed E-state index contributed by atoms with van der Waals surface area (Å²) in [6.07, 6.45) is 1.72. The summed E-state index contributed by atoms with van der Waals surface area (Å²) in [5.74, 6) is -4.05. The predicted octanol–water partition coefficient (Wildman–Crippen LogP) is 4.85. The van der Waals surface area contributed by atoms with Crippen molar-refractivity contribution < 1.29 is 52.4 Å². The maximum atomic E-state index is 13.8. The second-order valence-electron chi connectivity index (χ2n) is 15.7. The van der Waals surface area contributed by atoms with Crippen LogP contribution < -0.4 is 0 Å². The summed E-state index contributed by atoms with van der Waals surface area (Å²) < 4.78 is 36.4. The zero-order valence-electron chi connectivity index (χ0n) is 28.8. The Hall–Kier alpha value is -3.18. The second kappa shape index (κ2) is 10.9. The fraction of sp³-hybridized carbons (Fsp3) is 0.722. The lowest BCUT2D eigenvalue weighted by Gasteiger charge is -2.67. The van der Waals surface area contributed by atoms with Crippen LogP contribution in [0.4, 0.5) is 0 Å². The largest absolute Gasteiger partial charge is 0.472 e. The van der Waals surface area contributed by atoms with Gasteiger partial charge in [0.15, 0.2) is 11.7 Å². The SMILES string of the molecule is CCC(C)C(=O)O[C@H]1C23O[C@@H]4C(C)(C2CC[C@]2(C)C3=CC(=O)O[C@H]2c2ccoc2)[C@@H](CC(=O)OC)C(C)(C)[C@H](OC(=O)C(C)C)C41O. The number of carbonyl (C=O) groups is 4. The molecule has 1 spiro atoms. The number of carbonyl (C=O) groups excluding carboxylic acids is 4. The summed E-state index contributed by atoms with van der Waals surface area (Å²) in [7, 11) is 1.33. The molecule has 0 radical (unpaired) electrons. The van der Waals surface area contributed by atoms with E-state index in [0.717, 1.165) is 0 Å². The number of ether oxygens (including phenoxy) is 5. The van der Waals surface area contributed by atoms with Gasteiger partial charge < -0.3 is 33.2 Å². The third-order valence-electron chi connectivity index (χ3n) is 12.6. The lowest BCUT2D eigenvalue weighted by molar-refractivity contribution is -0.293. The topological polar surface area (TPSA) is 148 Å². The molecule has 11 atom stereocenters. The first-order chi connectivity index (χ1) is 21.9. The van der Waals surface area contributed by atoms with Gasteiger partial charge in [-0.2, -0.15) is 0 Å². The standard InChI is InChI=1S/C36H48O11/c1-10-19(4)28(40)46-31-35(41)29(45-27(39)18(2)3)32(5,6)22(15-24(37)42-9)34(8)21-11-13-33(7)23(36(21,31)47-30(34)35)16-25(38)44-26(33)20-12-14-43-17-20/h12,14,16-19,21-22,26,29-31,41H,10-11,13,15H2,1-9H3/t19?,21?,22-,26-,29-,30+,31+,33+,34?,35?,36?/m0/s1. The molecular weight excluding hydrogens is 608 g/mol. The van der Waals surface area contributed by atoms with Gasteiger partial charge in [0.1, 0.15) is 23.9 Å². The minimum atomic E-state index is -2.04. The molecule has 2 aliphatic carbocycles. The maximum absolute atomic E-state index is 13.8. The van der Waals surface area contributed by atoms with Crippen molar-refractivity contribution in [3.63, 3.8) is 0 Å². The van der Waals surface area contributed by atoms with Crippen molar-refractivity contribution in [3.05, 3.63) is 35.8 Å². The van der Waals surface area contributed by atoms with Crippen molar-refractivity contribution in [3.8, 4) is 0 Å². The van der Waals surface area contributed by atoms with Gasteiger partial charge >= 0.3 is 23.9 Å². The van der Waals surface area contributed by atoms with Crippen molar-refractivity contribution in [2.45, 2.75) is 117 Å². The first kappa shape index (κ1) is 33.7. The average Bonchev–Trinajstić information content (AvgIpc) is 3.71. The van der Waals surface area contributed by atoms with Gasteiger partial charge in [-0.1, -0.05) is 55.4 Å². The first-order valence-corrected chi connectivity index (χ1v) is 16.8. The van der Waals surface area contributed by atoms with Gasteiger partial charge in [0.2, 0.25) is 0 Å². The van der Waals surface area contributed by atoms with Gasteiger partial charge in [-0.05, 0) is 36.8 Å². The molecule has 1 N–H and O–H groups in total. The predicted molar refractivity (Wildman–Crippen MR) is 165 cm³/mol. The number of cyclic esters (lactones) is 1. The Morgan fingerprint density at radius 2 is 1.74 bits per heavy atom. The molecule has 2 saturated carbocycles. The molecule has 11 nitrogen and oxygen atoms in total. The van der Waals surface area contributed by atoms with E-state index in [2.05, 4.69) is 0 Å². The minimum Gasteiger partial charge on any atom is -0.472 e. The average molecular weight is 657 g/mol. The monoisotopic (exact) mass is 656 g/mol. The van der Waals surface area contributed by atoms with E-state index in [1.807, 2.05) is 34.6 Å². The Balaban J connectivity index is 1.62. The Kier molecular flexibility index (Phi) is 7.83. The number of methoxy groups -OCH3 is 1. The van der Waals surface area contributed by atoms with E-state index in [-0.39, 0.29) is 6.42 Å². The number of hydrogen-bond donors (Lipinski definition) is 1. The van der Waals surface area contributed by atoms with Crippen LogP contribution in [0.5, 0.6) is 0 Å². The van der Waals surface area contributed by atoms with Crippen LogP contribution in [0.1, 0.15) is 92.7 Å². The Morgan fingerprint density at radius 3 is 2.34 bits per heavy atom. The summed E-state index contributed by atoms with van der Waals surface area (Å²) in [5, 5.41) is 13.3. The second-order valence-corrected chi connectivity index (χ2v) is 15.7. The van der Waals surface area contributed by atoms with Crippen molar-refractivity contribution >= 4 is 23.9 Å². The summed E-state index contributed by atoms with van der Waals surface area (Å²) in [5.41, 5.74) is -5.07. The Morgan fingerprint density at radius 1 is 1.06 bits per heavy atom. The molecular formula is C36H48O11. The van der Waals surface area contributed by atoms with Crippen LogP contribution in [0.3, 0.4) is 0 Å². The summed E-state index contributed by atoms with van der Waals surface area (Å²) >= 11 is 0. The van der Waals surface area contributed by atoms with Crippen LogP contribution in [0, 0.1) is 39.9 Å². The molecule has 0 amide bonds. The van der Waals surface area contributed by atoms with E-state index >= 15 is 0 Å². The fourth-order valence-corrected chi connectivity index (χ4v) is 10.2. The number of rotatable bonds is 8. The maximum Gasteiger partial charge on any atom is 0.331 e.